The molecular formula is C12H26N2OS. The number of hydrogen-bond donors (Lipinski definition) is 1. The lowest BCUT2D eigenvalue weighted by Crippen LogP contribution is -2.37. The second kappa shape index (κ2) is 8.34. The van der Waals surface area contributed by atoms with E-state index in [0.29, 0.717) is 6.04 Å². The van der Waals surface area contributed by atoms with Crippen LogP contribution in [0.5, 0.6) is 0 Å². The van der Waals surface area contributed by atoms with E-state index >= 15 is 0 Å². The highest BCUT2D eigenvalue weighted by Gasteiger charge is 2.14. The van der Waals surface area contributed by atoms with Gasteiger partial charge in [-0.25, -0.2) is 0 Å². The predicted octanol–water partition coefficient (Wildman–Crippen LogP) is 1.30. The number of thioether (sulfide) groups is 1. The highest BCUT2D eigenvalue weighted by molar-refractivity contribution is 7.98. The van der Waals surface area contributed by atoms with Gasteiger partial charge >= 0.3 is 0 Å². The fourth-order valence-electron chi connectivity index (χ4n) is 1.89. The van der Waals surface area contributed by atoms with Crippen LogP contribution >= 0.6 is 11.8 Å². The van der Waals surface area contributed by atoms with Crippen LogP contribution in [0.2, 0.25) is 0 Å². The summed E-state index contributed by atoms with van der Waals surface area (Å²) >= 11 is 1.92. The lowest BCUT2D eigenvalue weighted by molar-refractivity contribution is 0.185. The Hall–Kier alpha value is 0.230. The highest BCUT2D eigenvalue weighted by atomic mass is 32.2. The third-order valence-corrected chi connectivity index (χ3v) is 4.07. The first-order valence-corrected chi connectivity index (χ1v) is 7.61. The Bertz CT molecular complexity index is 174. The Labute approximate surface area is 104 Å². The maximum absolute atomic E-state index is 5.35. The van der Waals surface area contributed by atoms with Crippen LogP contribution in [0, 0.1) is 5.92 Å². The molecule has 1 rings (SSSR count). The molecule has 1 heterocycles. The molecule has 2 atom stereocenters. The number of nitrogens with one attached hydrogen (secondary N) is 1. The molecule has 0 aromatic carbocycles. The average Bonchev–Trinajstić information content (AvgIpc) is 2.77. The van der Waals surface area contributed by atoms with Gasteiger partial charge in [-0.05, 0) is 32.6 Å². The van der Waals surface area contributed by atoms with E-state index in [-0.39, 0.29) is 0 Å². The van der Waals surface area contributed by atoms with Crippen LogP contribution in [0.3, 0.4) is 0 Å². The van der Waals surface area contributed by atoms with Crippen LogP contribution in [0.4, 0.5) is 0 Å². The molecule has 96 valence electrons. The van der Waals surface area contributed by atoms with Crippen LogP contribution in [0.25, 0.3) is 0 Å². The molecule has 3 nitrogen and oxygen atoms in total. The molecule has 0 aromatic rings. The van der Waals surface area contributed by atoms with Crippen molar-refractivity contribution < 1.29 is 4.74 Å². The highest BCUT2D eigenvalue weighted by Crippen LogP contribution is 2.10. The minimum Gasteiger partial charge on any atom is -0.381 e. The third-order valence-electron chi connectivity index (χ3n) is 3.26. The zero-order valence-corrected chi connectivity index (χ0v) is 11.7. The van der Waals surface area contributed by atoms with Gasteiger partial charge in [-0.1, -0.05) is 0 Å². The molecule has 0 aliphatic carbocycles. The summed E-state index contributed by atoms with van der Waals surface area (Å²) in [6.07, 6.45) is 3.40. The Balaban J connectivity index is 1.97. The van der Waals surface area contributed by atoms with Crippen molar-refractivity contribution in [2.45, 2.75) is 19.4 Å². The normalized spacial score (nSPS) is 22.9. The largest absolute Gasteiger partial charge is 0.381 e. The van der Waals surface area contributed by atoms with Gasteiger partial charge in [-0.2, -0.15) is 11.8 Å². The lowest BCUT2D eigenvalue weighted by Gasteiger charge is -2.24. The maximum atomic E-state index is 5.35. The van der Waals surface area contributed by atoms with Crippen LogP contribution in [0.15, 0.2) is 0 Å². The smallest absolute Gasteiger partial charge is 0.0507 e. The number of hydrogen-bond acceptors (Lipinski definition) is 4. The zero-order chi connectivity index (χ0) is 11.8. The van der Waals surface area contributed by atoms with Crippen LogP contribution in [-0.2, 0) is 4.74 Å². The molecule has 0 amide bonds. The molecule has 1 N–H and O–H groups in total. The summed E-state index contributed by atoms with van der Waals surface area (Å²) in [5.41, 5.74) is 0. The number of ether oxygens (including phenoxy) is 1. The zero-order valence-electron chi connectivity index (χ0n) is 10.9. The minimum absolute atomic E-state index is 0.673. The van der Waals surface area contributed by atoms with Crippen molar-refractivity contribution in [2.75, 3.05) is 51.9 Å². The third kappa shape index (κ3) is 5.53. The summed E-state index contributed by atoms with van der Waals surface area (Å²) in [6, 6.07) is 0.673. The summed E-state index contributed by atoms with van der Waals surface area (Å²) in [4.78, 5) is 2.43. The molecule has 1 aliphatic heterocycles. The standard InChI is InChI=1S/C12H26N2OS/c1-11(10-16-3)14(2)6-5-13-8-12-4-7-15-9-12/h11-13H,4-10H2,1-3H3. The van der Waals surface area contributed by atoms with Gasteiger partial charge in [-0.3, -0.25) is 0 Å². The Morgan fingerprint density at radius 3 is 3.00 bits per heavy atom. The number of nitrogens with zero attached hydrogens (tertiary/aromatic N) is 1. The van der Waals surface area contributed by atoms with E-state index in [1.165, 1.54) is 12.2 Å². The van der Waals surface area contributed by atoms with E-state index in [1.54, 1.807) is 0 Å². The van der Waals surface area contributed by atoms with Gasteiger partial charge in [0.15, 0.2) is 0 Å². The quantitative estimate of drug-likeness (QED) is 0.653. The summed E-state index contributed by atoms with van der Waals surface area (Å²) in [6.45, 7) is 7.54. The average molecular weight is 246 g/mol. The van der Waals surface area contributed by atoms with E-state index in [4.69, 9.17) is 4.74 Å². The summed E-state index contributed by atoms with van der Waals surface area (Å²) in [5, 5.41) is 3.53. The second-order valence-electron chi connectivity index (χ2n) is 4.72. The molecule has 1 saturated heterocycles. The van der Waals surface area contributed by atoms with E-state index in [0.717, 1.165) is 38.8 Å². The van der Waals surface area contributed by atoms with Crippen molar-refractivity contribution in [3.63, 3.8) is 0 Å². The molecule has 1 fully saturated rings. The molecule has 0 saturated carbocycles. The van der Waals surface area contributed by atoms with E-state index in [9.17, 15) is 0 Å². The topological polar surface area (TPSA) is 24.5 Å². The SMILES string of the molecule is CSCC(C)N(C)CCNCC1CCOC1. The molecule has 4 heteroatoms. The van der Waals surface area contributed by atoms with Gasteiger partial charge in [0, 0.05) is 38.0 Å². The van der Waals surface area contributed by atoms with E-state index < -0.39 is 0 Å². The van der Waals surface area contributed by atoms with Crippen molar-refractivity contribution in [1.29, 1.82) is 0 Å². The summed E-state index contributed by atoms with van der Waals surface area (Å²) < 4.78 is 5.35. The Morgan fingerprint density at radius 2 is 2.38 bits per heavy atom. The van der Waals surface area contributed by atoms with Crippen molar-refractivity contribution in [1.82, 2.24) is 10.2 Å². The first-order chi connectivity index (χ1) is 7.74. The van der Waals surface area contributed by atoms with Crippen LogP contribution < -0.4 is 5.32 Å². The Morgan fingerprint density at radius 1 is 1.56 bits per heavy atom. The van der Waals surface area contributed by atoms with Crippen molar-refractivity contribution in [3.05, 3.63) is 0 Å². The van der Waals surface area contributed by atoms with Crippen LogP contribution in [-0.4, -0.2) is 62.8 Å². The molecule has 0 spiro atoms. The fraction of sp³-hybridized carbons (Fsp3) is 1.00. The van der Waals surface area contributed by atoms with Gasteiger partial charge in [0.05, 0.1) is 6.61 Å². The lowest BCUT2D eigenvalue weighted by atomic mass is 10.1. The van der Waals surface area contributed by atoms with Gasteiger partial charge in [0.1, 0.15) is 0 Å². The molecule has 0 aromatic heterocycles. The first kappa shape index (κ1) is 14.3. The fourth-order valence-corrected chi connectivity index (χ4v) is 2.63. The molecule has 2 unspecified atom stereocenters. The van der Waals surface area contributed by atoms with E-state index in [1.807, 2.05) is 11.8 Å². The summed E-state index contributed by atoms with van der Waals surface area (Å²) in [7, 11) is 2.21. The van der Waals surface area contributed by atoms with Crippen molar-refractivity contribution in [3.8, 4) is 0 Å². The van der Waals surface area contributed by atoms with Gasteiger partial charge < -0.3 is 15.0 Å². The van der Waals surface area contributed by atoms with Crippen LogP contribution in [0.1, 0.15) is 13.3 Å². The Kier molecular flexibility index (Phi) is 7.45. The van der Waals surface area contributed by atoms with Gasteiger partial charge in [-0.15, -0.1) is 0 Å². The van der Waals surface area contributed by atoms with Gasteiger partial charge in [0.2, 0.25) is 0 Å². The summed E-state index contributed by atoms with van der Waals surface area (Å²) in [5.74, 6) is 1.96. The predicted molar refractivity (Wildman–Crippen MR) is 72.3 cm³/mol. The van der Waals surface area contributed by atoms with E-state index in [2.05, 4.69) is 30.4 Å². The molecule has 1 aliphatic rings. The number of rotatable bonds is 8. The number of likely N-dealkylation sites (N-methyl/N-ethyl adjacent to an activating group) is 1. The van der Waals surface area contributed by atoms with Crippen molar-refractivity contribution in [2.24, 2.45) is 5.92 Å². The van der Waals surface area contributed by atoms with Gasteiger partial charge in [0.25, 0.3) is 0 Å². The molecule has 16 heavy (non-hydrogen) atoms. The minimum atomic E-state index is 0.673. The molecule has 0 radical (unpaired) electrons. The second-order valence-corrected chi connectivity index (χ2v) is 5.63. The maximum Gasteiger partial charge on any atom is 0.0507 e. The molecule has 0 bridgehead atoms. The first-order valence-electron chi connectivity index (χ1n) is 6.21. The molecular weight excluding hydrogens is 220 g/mol. The monoisotopic (exact) mass is 246 g/mol. The van der Waals surface area contributed by atoms with Crippen molar-refractivity contribution >= 4 is 11.8 Å².